The van der Waals surface area contributed by atoms with Gasteiger partial charge in [0, 0.05) is 43.2 Å². The van der Waals surface area contributed by atoms with Crippen molar-refractivity contribution in [2.45, 2.75) is 44.9 Å². The van der Waals surface area contributed by atoms with Crippen LogP contribution in [-0.2, 0) is 17.7 Å². The lowest BCUT2D eigenvalue weighted by Crippen LogP contribution is -2.51. The molecule has 3 amide bonds. The molecular formula is C28H29N5O4. The van der Waals surface area contributed by atoms with E-state index in [1.807, 2.05) is 42.2 Å². The number of piperidine rings is 1. The number of amides is 3. The summed E-state index contributed by atoms with van der Waals surface area (Å²) in [6.45, 7) is 3.67. The van der Waals surface area contributed by atoms with Crippen LogP contribution >= 0.6 is 0 Å². The van der Waals surface area contributed by atoms with Gasteiger partial charge in [-0.2, -0.15) is 5.10 Å². The molecule has 2 N–H and O–H groups in total. The first-order valence-corrected chi connectivity index (χ1v) is 12.6. The molecule has 190 valence electrons. The molecule has 2 aliphatic rings. The Morgan fingerprint density at radius 3 is 2.84 bits per heavy atom. The number of hydrogen-bond acceptors (Lipinski definition) is 5. The number of ether oxygens (including phenoxy) is 1. The highest BCUT2D eigenvalue weighted by Crippen LogP contribution is 2.30. The van der Waals surface area contributed by atoms with Crippen LogP contribution in [0, 0.1) is 6.92 Å². The number of hydrogen-bond donors (Lipinski definition) is 2. The number of nitrogens with one attached hydrogen (secondary N) is 2. The van der Waals surface area contributed by atoms with E-state index in [9.17, 15) is 9.59 Å². The minimum Gasteiger partial charge on any atom is -0.465 e. The molecule has 2 aromatic carbocycles. The molecule has 1 saturated heterocycles. The Kier molecular flexibility index (Phi) is 6.04. The first-order valence-electron chi connectivity index (χ1n) is 12.6. The first kappa shape index (κ1) is 23.1. The highest BCUT2D eigenvalue weighted by molar-refractivity contribution is 5.92. The fraction of sp³-hybridized carbons (Fsp3) is 0.321. The maximum atomic E-state index is 13.2. The van der Waals surface area contributed by atoms with Crippen LogP contribution in [-0.4, -0.2) is 51.3 Å². The van der Waals surface area contributed by atoms with E-state index in [2.05, 4.69) is 27.6 Å². The topological polar surface area (TPSA) is 104 Å². The number of carbonyl (C=O) groups is 2. The number of furan rings is 1. The van der Waals surface area contributed by atoms with Crippen LogP contribution in [0.15, 0.2) is 65.4 Å². The first-order chi connectivity index (χ1) is 18.0. The van der Waals surface area contributed by atoms with Gasteiger partial charge in [0.1, 0.15) is 5.76 Å². The zero-order chi connectivity index (χ0) is 25.4. The van der Waals surface area contributed by atoms with Crippen molar-refractivity contribution in [3.05, 3.63) is 83.4 Å². The predicted octanol–water partition coefficient (Wildman–Crippen LogP) is 5.40. The van der Waals surface area contributed by atoms with Gasteiger partial charge in [-0.05, 0) is 60.7 Å². The second-order valence-corrected chi connectivity index (χ2v) is 9.77. The fourth-order valence-electron chi connectivity index (χ4n) is 5.39. The number of aromatic nitrogens is 2. The molecule has 1 unspecified atom stereocenters. The van der Waals surface area contributed by atoms with Gasteiger partial charge in [0.05, 0.1) is 18.0 Å². The number of aryl methyl sites for hydroxylation is 1. The third-order valence-corrected chi connectivity index (χ3v) is 7.35. The number of para-hydroxylation sites is 1. The van der Waals surface area contributed by atoms with Crippen LogP contribution in [0.3, 0.4) is 0 Å². The Morgan fingerprint density at radius 1 is 1.19 bits per heavy atom. The molecule has 4 aromatic rings. The Morgan fingerprint density at radius 2 is 2.03 bits per heavy atom. The second-order valence-electron chi connectivity index (χ2n) is 9.77. The van der Waals surface area contributed by atoms with E-state index in [1.165, 1.54) is 0 Å². The number of rotatable bonds is 5. The SMILES string of the molecule is Cc1cc(CC(OC(=O)N2CCC(N3Cc4ccccc4NC3=O)CC2)c2ccco2)cc2cn[nH]c12. The summed E-state index contributed by atoms with van der Waals surface area (Å²) in [6.07, 6.45) is 4.37. The zero-order valence-corrected chi connectivity index (χ0v) is 20.6. The number of carbonyl (C=O) groups excluding carboxylic acids is 2. The number of nitrogens with zero attached hydrogens (tertiary/aromatic N) is 3. The Hall–Kier alpha value is -4.27. The van der Waals surface area contributed by atoms with Crippen molar-refractivity contribution in [1.29, 1.82) is 0 Å². The molecular weight excluding hydrogens is 470 g/mol. The summed E-state index contributed by atoms with van der Waals surface area (Å²) < 4.78 is 11.6. The summed E-state index contributed by atoms with van der Waals surface area (Å²) in [5.41, 5.74) is 5.10. The summed E-state index contributed by atoms with van der Waals surface area (Å²) >= 11 is 0. The van der Waals surface area contributed by atoms with Crippen molar-refractivity contribution >= 4 is 28.7 Å². The summed E-state index contributed by atoms with van der Waals surface area (Å²) in [6, 6.07) is 15.6. The van der Waals surface area contributed by atoms with E-state index in [0.717, 1.165) is 33.3 Å². The van der Waals surface area contributed by atoms with Crippen LogP contribution in [0.1, 0.15) is 41.4 Å². The van der Waals surface area contributed by atoms with E-state index < -0.39 is 6.10 Å². The summed E-state index contributed by atoms with van der Waals surface area (Å²) in [5, 5.41) is 11.2. The van der Waals surface area contributed by atoms with Crippen LogP contribution in [0.25, 0.3) is 10.9 Å². The molecule has 0 saturated carbocycles. The number of anilines is 1. The molecule has 0 bridgehead atoms. The van der Waals surface area contributed by atoms with E-state index >= 15 is 0 Å². The van der Waals surface area contributed by atoms with Crippen molar-refractivity contribution in [1.82, 2.24) is 20.0 Å². The molecule has 0 aliphatic carbocycles. The molecule has 2 aromatic heterocycles. The number of urea groups is 1. The summed E-state index contributed by atoms with van der Waals surface area (Å²) in [4.78, 5) is 29.5. The van der Waals surface area contributed by atoms with Crippen molar-refractivity contribution in [3.8, 4) is 0 Å². The van der Waals surface area contributed by atoms with Gasteiger partial charge in [0.2, 0.25) is 0 Å². The minimum absolute atomic E-state index is 0.0722. The highest BCUT2D eigenvalue weighted by atomic mass is 16.6. The third kappa shape index (κ3) is 4.64. The number of fused-ring (bicyclic) bond motifs is 2. The van der Waals surface area contributed by atoms with Gasteiger partial charge in [-0.1, -0.05) is 24.3 Å². The molecule has 37 heavy (non-hydrogen) atoms. The van der Waals surface area contributed by atoms with Crippen molar-refractivity contribution in [2.75, 3.05) is 18.4 Å². The quantitative estimate of drug-likeness (QED) is 0.383. The minimum atomic E-state index is -0.548. The Labute approximate surface area is 214 Å². The van der Waals surface area contributed by atoms with Gasteiger partial charge < -0.3 is 24.3 Å². The predicted molar refractivity (Wildman–Crippen MR) is 138 cm³/mol. The second kappa shape index (κ2) is 9.65. The lowest BCUT2D eigenvalue weighted by atomic mass is 10.0. The van der Waals surface area contributed by atoms with Gasteiger partial charge in [0.15, 0.2) is 6.10 Å². The summed E-state index contributed by atoms with van der Waals surface area (Å²) in [7, 11) is 0. The van der Waals surface area contributed by atoms with E-state index in [1.54, 1.807) is 23.4 Å². The molecule has 9 nitrogen and oxygen atoms in total. The van der Waals surface area contributed by atoms with E-state index in [0.29, 0.717) is 44.7 Å². The number of likely N-dealkylation sites (tertiary alicyclic amines) is 1. The smallest absolute Gasteiger partial charge is 0.410 e. The lowest BCUT2D eigenvalue weighted by Gasteiger charge is -2.40. The molecule has 0 spiro atoms. The van der Waals surface area contributed by atoms with E-state index in [4.69, 9.17) is 9.15 Å². The molecule has 9 heteroatoms. The molecule has 4 heterocycles. The van der Waals surface area contributed by atoms with Crippen LogP contribution in [0.4, 0.5) is 15.3 Å². The van der Waals surface area contributed by atoms with E-state index in [-0.39, 0.29) is 18.2 Å². The molecule has 1 fully saturated rings. The van der Waals surface area contributed by atoms with Crippen LogP contribution < -0.4 is 5.32 Å². The van der Waals surface area contributed by atoms with Gasteiger partial charge in [-0.25, -0.2) is 9.59 Å². The fourth-order valence-corrected chi connectivity index (χ4v) is 5.39. The standard InChI is InChI=1S/C28H29N5O4/c1-18-13-19(14-21-16-29-31-26(18)21)15-25(24-7-4-12-36-24)37-28(35)32-10-8-22(9-11-32)33-17-20-5-2-3-6-23(20)30-27(33)34/h2-7,12-14,16,22,25H,8-11,15,17H2,1H3,(H,29,31)(H,30,34). The lowest BCUT2D eigenvalue weighted by molar-refractivity contribution is 0.0401. The maximum absolute atomic E-state index is 13.2. The van der Waals surface area contributed by atoms with Crippen molar-refractivity contribution in [2.24, 2.45) is 0 Å². The molecule has 6 rings (SSSR count). The highest BCUT2D eigenvalue weighted by Gasteiger charge is 2.34. The van der Waals surface area contributed by atoms with Gasteiger partial charge in [0.25, 0.3) is 0 Å². The third-order valence-electron chi connectivity index (χ3n) is 7.35. The maximum Gasteiger partial charge on any atom is 0.410 e. The zero-order valence-electron chi connectivity index (χ0n) is 20.6. The number of benzene rings is 2. The average Bonchev–Trinajstić information content (AvgIpc) is 3.61. The number of aromatic amines is 1. The molecule has 2 aliphatic heterocycles. The summed E-state index contributed by atoms with van der Waals surface area (Å²) in [5.74, 6) is 0.608. The Bertz CT molecular complexity index is 1420. The largest absolute Gasteiger partial charge is 0.465 e. The normalized spacial score (nSPS) is 16.9. The molecule has 1 atom stereocenters. The number of H-pyrrole nitrogens is 1. The molecule has 0 radical (unpaired) electrons. The van der Waals surface area contributed by atoms with Gasteiger partial charge >= 0.3 is 12.1 Å². The van der Waals surface area contributed by atoms with Crippen LogP contribution in [0.5, 0.6) is 0 Å². The van der Waals surface area contributed by atoms with Crippen molar-refractivity contribution in [3.63, 3.8) is 0 Å². The van der Waals surface area contributed by atoms with Crippen LogP contribution in [0.2, 0.25) is 0 Å². The van der Waals surface area contributed by atoms with Gasteiger partial charge in [-0.3, -0.25) is 5.10 Å². The average molecular weight is 500 g/mol. The monoisotopic (exact) mass is 499 g/mol. The van der Waals surface area contributed by atoms with Gasteiger partial charge in [-0.15, -0.1) is 0 Å². The van der Waals surface area contributed by atoms with Crippen molar-refractivity contribution < 1.29 is 18.7 Å². The Balaban J connectivity index is 1.11.